The van der Waals surface area contributed by atoms with Gasteiger partial charge in [-0.3, -0.25) is 0 Å². The molecule has 0 saturated heterocycles. The molecular formula is C9H13N3O2. The minimum Gasteiger partial charge on any atom is -0.476 e. The molecule has 0 aliphatic heterocycles. The molecule has 5 heteroatoms. The fourth-order valence-corrected chi connectivity index (χ4v) is 1.15. The molecule has 1 aromatic heterocycles. The van der Waals surface area contributed by atoms with Crippen LogP contribution in [0.2, 0.25) is 0 Å². The van der Waals surface area contributed by atoms with Crippen molar-refractivity contribution in [1.29, 1.82) is 0 Å². The lowest BCUT2D eigenvalue weighted by Gasteiger charge is -2.06. The predicted molar refractivity (Wildman–Crippen MR) is 51.9 cm³/mol. The Kier molecular flexibility index (Phi) is 3.01. The molecule has 76 valence electrons. The molecule has 5 nitrogen and oxygen atoms in total. The zero-order valence-corrected chi connectivity index (χ0v) is 8.19. The third-order valence-corrected chi connectivity index (χ3v) is 1.75. The van der Waals surface area contributed by atoms with Gasteiger partial charge in [0.1, 0.15) is 5.82 Å². The lowest BCUT2D eigenvalue weighted by atomic mass is 10.0. The van der Waals surface area contributed by atoms with Gasteiger partial charge in [-0.05, 0) is 24.0 Å². The molecule has 1 heterocycles. The van der Waals surface area contributed by atoms with E-state index < -0.39 is 5.97 Å². The molecule has 0 aliphatic carbocycles. The third kappa shape index (κ3) is 2.42. The van der Waals surface area contributed by atoms with Crippen molar-refractivity contribution in [2.45, 2.75) is 20.3 Å². The van der Waals surface area contributed by atoms with Gasteiger partial charge >= 0.3 is 5.97 Å². The maximum atomic E-state index is 10.6. The monoisotopic (exact) mass is 195 g/mol. The topological polar surface area (TPSA) is 89.1 Å². The molecule has 0 bridgehead atoms. The summed E-state index contributed by atoms with van der Waals surface area (Å²) in [7, 11) is 0. The van der Waals surface area contributed by atoms with E-state index in [4.69, 9.17) is 10.8 Å². The van der Waals surface area contributed by atoms with Gasteiger partial charge in [0, 0.05) is 0 Å². The van der Waals surface area contributed by atoms with Crippen LogP contribution >= 0.6 is 0 Å². The minimum atomic E-state index is -1.08. The number of carboxylic acids is 1. The lowest BCUT2D eigenvalue weighted by Crippen LogP contribution is -2.09. The van der Waals surface area contributed by atoms with Gasteiger partial charge in [-0.2, -0.15) is 0 Å². The van der Waals surface area contributed by atoms with E-state index in [0.29, 0.717) is 18.2 Å². The molecule has 0 aliphatic rings. The van der Waals surface area contributed by atoms with Crippen LogP contribution in [-0.2, 0) is 6.42 Å². The summed E-state index contributed by atoms with van der Waals surface area (Å²) in [5.74, 6) is -0.366. The molecule has 0 unspecified atom stereocenters. The van der Waals surface area contributed by atoms with Crippen LogP contribution in [0.1, 0.15) is 29.9 Å². The van der Waals surface area contributed by atoms with Crippen molar-refractivity contribution in [3.63, 3.8) is 0 Å². The number of nitrogens with two attached hydrogens (primary N) is 1. The standard InChI is InChI=1S/C9H13N3O2/c1-5(2)3-6-4-7(9(13)14)11-12-8(6)10/h4-5H,3H2,1-2H3,(H2,10,12)(H,13,14). The van der Waals surface area contributed by atoms with Gasteiger partial charge in [0.25, 0.3) is 0 Å². The van der Waals surface area contributed by atoms with E-state index in [1.54, 1.807) is 0 Å². The number of nitrogens with zero attached hydrogens (tertiary/aromatic N) is 2. The van der Waals surface area contributed by atoms with E-state index in [1.807, 2.05) is 13.8 Å². The molecule has 0 amide bonds. The summed E-state index contributed by atoms with van der Waals surface area (Å²) < 4.78 is 0. The first-order valence-corrected chi connectivity index (χ1v) is 4.36. The van der Waals surface area contributed by atoms with Crippen molar-refractivity contribution in [2.75, 3.05) is 5.73 Å². The maximum absolute atomic E-state index is 10.6. The zero-order chi connectivity index (χ0) is 10.7. The number of carboxylic acid groups (broad SMARTS) is 1. The summed E-state index contributed by atoms with van der Waals surface area (Å²) in [6.07, 6.45) is 0.710. The van der Waals surface area contributed by atoms with Crippen molar-refractivity contribution in [3.05, 3.63) is 17.3 Å². The second-order valence-corrected chi connectivity index (χ2v) is 3.54. The van der Waals surface area contributed by atoms with Gasteiger partial charge in [0.05, 0.1) is 0 Å². The van der Waals surface area contributed by atoms with Crippen LogP contribution < -0.4 is 5.73 Å². The van der Waals surface area contributed by atoms with Gasteiger partial charge in [-0.25, -0.2) is 4.79 Å². The number of anilines is 1. The fourth-order valence-electron chi connectivity index (χ4n) is 1.15. The SMILES string of the molecule is CC(C)Cc1cc(C(=O)O)nnc1N. The Labute approximate surface area is 82.0 Å². The first kappa shape index (κ1) is 10.4. The number of aromatic carboxylic acids is 1. The number of aromatic nitrogens is 2. The van der Waals surface area contributed by atoms with Crippen LogP contribution in [-0.4, -0.2) is 21.3 Å². The van der Waals surface area contributed by atoms with Crippen LogP contribution in [0.3, 0.4) is 0 Å². The highest BCUT2D eigenvalue weighted by Gasteiger charge is 2.10. The van der Waals surface area contributed by atoms with Crippen molar-refractivity contribution in [3.8, 4) is 0 Å². The molecule has 0 aromatic carbocycles. The summed E-state index contributed by atoms with van der Waals surface area (Å²) >= 11 is 0. The first-order chi connectivity index (χ1) is 6.50. The molecule has 0 radical (unpaired) electrons. The normalized spacial score (nSPS) is 10.5. The summed E-state index contributed by atoms with van der Waals surface area (Å²) in [6.45, 7) is 4.06. The van der Waals surface area contributed by atoms with Crippen molar-refractivity contribution >= 4 is 11.8 Å². The van der Waals surface area contributed by atoms with Gasteiger partial charge in [0.2, 0.25) is 0 Å². The predicted octanol–water partition coefficient (Wildman–Crippen LogP) is 0.956. The average molecular weight is 195 g/mol. The van der Waals surface area contributed by atoms with Gasteiger partial charge in [0.15, 0.2) is 5.69 Å². The molecule has 14 heavy (non-hydrogen) atoms. The van der Waals surface area contributed by atoms with Gasteiger partial charge in [-0.1, -0.05) is 13.8 Å². The van der Waals surface area contributed by atoms with Crippen LogP contribution in [0.25, 0.3) is 0 Å². The summed E-state index contributed by atoms with van der Waals surface area (Å²) in [5.41, 5.74) is 6.25. The highest BCUT2D eigenvalue weighted by atomic mass is 16.4. The second kappa shape index (κ2) is 4.04. The number of rotatable bonds is 3. The largest absolute Gasteiger partial charge is 0.476 e. The van der Waals surface area contributed by atoms with Crippen LogP contribution in [0.5, 0.6) is 0 Å². The van der Waals surface area contributed by atoms with Crippen molar-refractivity contribution < 1.29 is 9.90 Å². The Bertz CT molecular complexity index is 350. The molecule has 3 N–H and O–H groups in total. The molecule has 0 atom stereocenters. The highest BCUT2D eigenvalue weighted by molar-refractivity contribution is 5.85. The lowest BCUT2D eigenvalue weighted by molar-refractivity contribution is 0.0689. The highest BCUT2D eigenvalue weighted by Crippen LogP contribution is 2.13. The van der Waals surface area contributed by atoms with E-state index in [0.717, 1.165) is 5.56 Å². The molecule has 0 fully saturated rings. The van der Waals surface area contributed by atoms with E-state index in [2.05, 4.69) is 10.2 Å². The number of hydrogen-bond donors (Lipinski definition) is 2. The minimum absolute atomic E-state index is 0.0603. The second-order valence-electron chi connectivity index (χ2n) is 3.54. The average Bonchev–Trinajstić information content (AvgIpc) is 2.07. The smallest absolute Gasteiger partial charge is 0.356 e. The maximum Gasteiger partial charge on any atom is 0.356 e. The summed E-state index contributed by atoms with van der Waals surface area (Å²) in [6, 6.07) is 1.48. The molecule has 1 rings (SSSR count). The molecule has 0 saturated carbocycles. The van der Waals surface area contributed by atoms with E-state index >= 15 is 0 Å². The molecule has 0 spiro atoms. The Morgan fingerprint density at radius 1 is 1.57 bits per heavy atom. The summed E-state index contributed by atoms with van der Waals surface area (Å²) in [4.78, 5) is 10.6. The Hall–Kier alpha value is -1.65. The summed E-state index contributed by atoms with van der Waals surface area (Å²) in [5, 5.41) is 15.8. The zero-order valence-electron chi connectivity index (χ0n) is 8.19. The van der Waals surface area contributed by atoms with E-state index in [-0.39, 0.29) is 5.69 Å². The first-order valence-electron chi connectivity index (χ1n) is 4.36. The fraction of sp³-hybridized carbons (Fsp3) is 0.444. The number of nitrogen functional groups attached to an aromatic ring is 1. The van der Waals surface area contributed by atoms with Crippen molar-refractivity contribution in [2.24, 2.45) is 5.92 Å². The Balaban J connectivity index is 3.02. The van der Waals surface area contributed by atoms with Gasteiger partial charge in [-0.15, -0.1) is 10.2 Å². The number of hydrogen-bond acceptors (Lipinski definition) is 4. The van der Waals surface area contributed by atoms with Crippen LogP contribution in [0.4, 0.5) is 5.82 Å². The molecular weight excluding hydrogens is 182 g/mol. The Morgan fingerprint density at radius 3 is 2.71 bits per heavy atom. The van der Waals surface area contributed by atoms with E-state index in [1.165, 1.54) is 6.07 Å². The number of carbonyl (C=O) groups is 1. The van der Waals surface area contributed by atoms with Crippen LogP contribution in [0, 0.1) is 5.92 Å². The third-order valence-electron chi connectivity index (χ3n) is 1.75. The quantitative estimate of drug-likeness (QED) is 0.749. The van der Waals surface area contributed by atoms with Crippen molar-refractivity contribution in [1.82, 2.24) is 10.2 Å². The Morgan fingerprint density at radius 2 is 2.21 bits per heavy atom. The molecule has 1 aromatic rings. The van der Waals surface area contributed by atoms with Gasteiger partial charge < -0.3 is 10.8 Å². The van der Waals surface area contributed by atoms with E-state index in [9.17, 15) is 4.79 Å². The van der Waals surface area contributed by atoms with Crippen LogP contribution in [0.15, 0.2) is 6.07 Å².